The highest BCUT2D eigenvalue weighted by molar-refractivity contribution is 6.43. The first-order valence-corrected chi connectivity index (χ1v) is 7.23. The number of hydrogen-bond acceptors (Lipinski definition) is 5. The molecule has 0 atom stereocenters. The summed E-state index contributed by atoms with van der Waals surface area (Å²) in [5.74, 6) is 0.160. The number of oxime groups is 1. The Morgan fingerprint density at radius 3 is 2.43 bits per heavy atom. The number of nitro benzene ring substituents is 1. The standard InChI is InChI=1S/C14H9Cl3N2O4/c1-22-18-7-8-2-3-13(12(4-8)19(20)21)23-14-6-10(16)9(15)5-11(14)17/h2-7H,1H3. The molecule has 6 nitrogen and oxygen atoms in total. The van der Waals surface area contributed by atoms with Crippen molar-refractivity contribution in [1.29, 1.82) is 0 Å². The van der Waals surface area contributed by atoms with E-state index < -0.39 is 4.92 Å². The molecule has 0 bridgehead atoms. The molecule has 23 heavy (non-hydrogen) atoms. The third kappa shape index (κ3) is 4.25. The van der Waals surface area contributed by atoms with E-state index in [0.29, 0.717) is 5.56 Å². The molecule has 0 unspecified atom stereocenters. The predicted octanol–water partition coefficient (Wildman–Crippen LogP) is 5.33. The Kier molecular flexibility index (Phi) is 5.65. The van der Waals surface area contributed by atoms with Gasteiger partial charge in [0.15, 0.2) is 0 Å². The Labute approximate surface area is 146 Å². The zero-order chi connectivity index (χ0) is 17.0. The van der Waals surface area contributed by atoms with Crippen molar-refractivity contribution in [2.45, 2.75) is 0 Å². The van der Waals surface area contributed by atoms with Gasteiger partial charge in [-0.15, -0.1) is 0 Å². The van der Waals surface area contributed by atoms with Crippen LogP contribution in [-0.4, -0.2) is 18.2 Å². The summed E-state index contributed by atoms with van der Waals surface area (Å²) in [5.41, 5.74) is 0.221. The largest absolute Gasteiger partial charge is 0.449 e. The molecule has 0 saturated carbocycles. The Balaban J connectivity index is 2.41. The molecule has 0 aliphatic heterocycles. The van der Waals surface area contributed by atoms with Crippen molar-refractivity contribution < 1.29 is 14.5 Å². The molecule has 0 aliphatic rings. The minimum absolute atomic E-state index is 0.00450. The summed E-state index contributed by atoms with van der Waals surface area (Å²) < 4.78 is 5.50. The van der Waals surface area contributed by atoms with Crippen LogP contribution >= 0.6 is 34.8 Å². The van der Waals surface area contributed by atoms with Gasteiger partial charge in [0.1, 0.15) is 12.9 Å². The van der Waals surface area contributed by atoms with Crippen LogP contribution in [0.15, 0.2) is 35.5 Å². The second-order valence-corrected chi connectivity index (χ2v) is 5.42. The quantitative estimate of drug-likeness (QED) is 0.306. The first-order valence-electron chi connectivity index (χ1n) is 6.09. The lowest BCUT2D eigenvalue weighted by Crippen LogP contribution is -1.96. The SMILES string of the molecule is CON=Cc1ccc(Oc2cc(Cl)c(Cl)cc2Cl)c([N+](=O)[O-])c1. The summed E-state index contributed by atoms with van der Waals surface area (Å²) in [7, 11) is 1.37. The minimum Gasteiger partial charge on any atom is -0.449 e. The Morgan fingerprint density at radius 1 is 1.09 bits per heavy atom. The number of nitro groups is 1. The molecular weight excluding hydrogens is 367 g/mol. The zero-order valence-electron chi connectivity index (χ0n) is 11.6. The molecule has 120 valence electrons. The molecule has 2 aromatic rings. The maximum absolute atomic E-state index is 11.2. The van der Waals surface area contributed by atoms with Crippen molar-refractivity contribution in [3.05, 3.63) is 61.1 Å². The van der Waals surface area contributed by atoms with E-state index in [9.17, 15) is 10.1 Å². The summed E-state index contributed by atoms with van der Waals surface area (Å²) >= 11 is 17.7. The molecule has 0 aliphatic carbocycles. The number of ether oxygens (including phenoxy) is 1. The predicted molar refractivity (Wildman–Crippen MR) is 89.2 cm³/mol. The van der Waals surface area contributed by atoms with Crippen LogP contribution in [0, 0.1) is 10.1 Å². The molecule has 0 aromatic heterocycles. The summed E-state index contributed by atoms with van der Waals surface area (Å²) in [6.07, 6.45) is 1.34. The molecule has 2 aromatic carbocycles. The van der Waals surface area contributed by atoms with Crippen molar-refractivity contribution in [1.82, 2.24) is 0 Å². The van der Waals surface area contributed by atoms with Gasteiger partial charge < -0.3 is 9.57 Å². The zero-order valence-corrected chi connectivity index (χ0v) is 13.9. The van der Waals surface area contributed by atoms with Crippen LogP contribution in [0.2, 0.25) is 15.1 Å². The highest BCUT2D eigenvalue weighted by Gasteiger charge is 2.18. The fourth-order valence-electron chi connectivity index (χ4n) is 1.66. The summed E-state index contributed by atoms with van der Waals surface area (Å²) in [5, 5.41) is 15.4. The van der Waals surface area contributed by atoms with Crippen molar-refractivity contribution >= 4 is 46.7 Å². The number of rotatable bonds is 5. The van der Waals surface area contributed by atoms with Gasteiger partial charge in [0.25, 0.3) is 0 Å². The van der Waals surface area contributed by atoms with E-state index in [1.807, 2.05) is 0 Å². The van der Waals surface area contributed by atoms with Crippen molar-refractivity contribution in [2.75, 3.05) is 7.11 Å². The Hall–Kier alpha value is -2.02. The average molecular weight is 376 g/mol. The average Bonchev–Trinajstić information content (AvgIpc) is 2.51. The summed E-state index contributed by atoms with van der Waals surface area (Å²) in [6, 6.07) is 7.08. The lowest BCUT2D eigenvalue weighted by Gasteiger charge is -2.09. The van der Waals surface area contributed by atoms with E-state index in [1.165, 1.54) is 37.6 Å². The first-order chi connectivity index (χ1) is 10.9. The van der Waals surface area contributed by atoms with E-state index in [-0.39, 0.29) is 32.3 Å². The van der Waals surface area contributed by atoms with Crippen LogP contribution in [0.1, 0.15) is 5.56 Å². The molecule has 0 fully saturated rings. The van der Waals surface area contributed by atoms with Crippen LogP contribution in [0.5, 0.6) is 11.5 Å². The molecule has 2 rings (SSSR count). The molecule has 0 spiro atoms. The number of hydrogen-bond donors (Lipinski definition) is 0. The highest BCUT2D eigenvalue weighted by atomic mass is 35.5. The van der Waals surface area contributed by atoms with Gasteiger partial charge in [-0.05, 0) is 18.2 Å². The van der Waals surface area contributed by atoms with E-state index in [0.717, 1.165) is 0 Å². The molecule has 0 N–H and O–H groups in total. The van der Waals surface area contributed by atoms with Crippen LogP contribution in [0.4, 0.5) is 5.69 Å². The van der Waals surface area contributed by atoms with Crippen molar-refractivity contribution in [3.63, 3.8) is 0 Å². The van der Waals surface area contributed by atoms with Gasteiger partial charge in [0.2, 0.25) is 5.75 Å². The van der Waals surface area contributed by atoms with E-state index in [4.69, 9.17) is 39.5 Å². The maximum Gasteiger partial charge on any atom is 0.312 e. The fourth-order valence-corrected chi connectivity index (χ4v) is 2.23. The maximum atomic E-state index is 11.2. The molecular formula is C14H9Cl3N2O4. The molecule has 9 heteroatoms. The fraction of sp³-hybridized carbons (Fsp3) is 0.0714. The molecule has 0 radical (unpaired) electrons. The Bertz CT molecular complexity index is 781. The van der Waals surface area contributed by atoms with Gasteiger partial charge in [0.05, 0.1) is 26.2 Å². The van der Waals surface area contributed by atoms with Gasteiger partial charge >= 0.3 is 5.69 Å². The van der Waals surface area contributed by atoms with Gasteiger partial charge in [-0.3, -0.25) is 10.1 Å². The molecule has 0 saturated heterocycles. The number of nitrogens with zero attached hydrogens (tertiary/aromatic N) is 2. The van der Waals surface area contributed by atoms with E-state index in [2.05, 4.69) is 9.99 Å². The second-order valence-electron chi connectivity index (χ2n) is 4.20. The van der Waals surface area contributed by atoms with Gasteiger partial charge in [0, 0.05) is 17.7 Å². The lowest BCUT2D eigenvalue weighted by atomic mass is 10.2. The first kappa shape index (κ1) is 17.3. The van der Waals surface area contributed by atoms with Crippen LogP contribution in [0.25, 0.3) is 0 Å². The van der Waals surface area contributed by atoms with Gasteiger partial charge in [-0.25, -0.2) is 0 Å². The molecule has 0 amide bonds. The van der Waals surface area contributed by atoms with Crippen LogP contribution < -0.4 is 4.74 Å². The topological polar surface area (TPSA) is 74.0 Å². The molecule has 0 heterocycles. The monoisotopic (exact) mass is 374 g/mol. The number of halogens is 3. The normalized spacial score (nSPS) is 10.8. The highest BCUT2D eigenvalue weighted by Crippen LogP contribution is 2.39. The smallest absolute Gasteiger partial charge is 0.312 e. The van der Waals surface area contributed by atoms with Gasteiger partial charge in [-0.1, -0.05) is 40.0 Å². The van der Waals surface area contributed by atoms with Crippen LogP contribution in [0.3, 0.4) is 0 Å². The van der Waals surface area contributed by atoms with Crippen molar-refractivity contribution in [2.24, 2.45) is 5.16 Å². The van der Waals surface area contributed by atoms with Gasteiger partial charge in [-0.2, -0.15) is 0 Å². The van der Waals surface area contributed by atoms with E-state index in [1.54, 1.807) is 6.07 Å². The van der Waals surface area contributed by atoms with E-state index >= 15 is 0 Å². The summed E-state index contributed by atoms with van der Waals surface area (Å²) in [4.78, 5) is 15.2. The minimum atomic E-state index is -0.578. The lowest BCUT2D eigenvalue weighted by molar-refractivity contribution is -0.385. The second kappa shape index (κ2) is 7.50. The number of benzene rings is 2. The third-order valence-corrected chi connectivity index (χ3v) is 3.70. The van der Waals surface area contributed by atoms with Crippen molar-refractivity contribution in [3.8, 4) is 11.5 Å². The summed E-state index contributed by atoms with van der Waals surface area (Å²) in [6.45, 7) is 0. The third-order valence-electron chi connectivity index (χ3n) is 2.68. The van der Waals surface area contributed by atoms with Crippen LogP contribution in [-0.2, 0) is 4.84 Å². The Morgan fingerprint density at radius 2 is 1.78 bits per heavy atom.